The molecule has 0 unspecified atom stereocenters. The third-order valence-corrected chi connectivity index (χ3v) is 3.53. The molecule has 1 aromatic rings. The summed E-state index contributed by atoms with van der Waals surface area (Å²) in [5.41, 5.74) is 0. The van der Waals surface area contributed by atoms with Gasteiger partial charge in [-0.3, -0.25) is 0 Å². The molecule has 20 heavy (non-hydrogen) atoms. The van der Waals surface area contributed by atoms with Crippen molar-refractivity contribution in [2.75, 3.05) is 33.4 Å². The van der Waals surface area contributed by atoms with E-state index in [1.807, 2.05) is 38.2 Å². The molecular weight excluding hydrogens is 254 g/mol. The number of rotatable bonds is 9. The minimum atomic E-state index is 0.416. The van der Waals surface area contributed by atoms with Crippen LogP contribution < -0.4 is 14.8 Å². The third-order valence-electron chi connectivity index (χ3n) is 3.53. The lowest BCUT2D eigenvalue weighted by Crippen LogP contribution is -2.37. The Morgan fingerprint density at radius 1 is 1.10 bits per heavy atom. The smallest absolute Gasteiger partial charge is 0.161 e. The molecule has 0 atom stereocenters. The van der Waals surface area contributed by atoms with Gasteiger partial charge < -0.3 is 19.5 Å². The Kier molecular flexibility index (Phi) is 6.15. The highest BCUT2D eigenvalue weighted by Crippen LogP contribution is 2.29. The number of nitrogens with one attached hydrogen (secondary N) is 1. The van der Waals surface area contributed by atoms with Gasteiger partial charge in [0.25, 0.3) is 0 Å². The fraction of sp³-hybridized carbons (Fsp3) is 0.625. The molecule has 0 spiro atoms. The summed E-state index contributed by atoms with van der Waals surface area (Å²) < 4.78 is 17.0. The van der Waals surface area contributed by atoms with Gasteiger partial charge in [0.15, 0.2) is 11.5 Å². The Morgan fingerprint density at radius 2 is 1.80 bits per heavy atom. The first kappa shape index (κ1) is 15.1. The lowest BCUT2D eigenvalue weighted by atomic mass is 9.82. The molecule has 0 radical (unpaired) electrons. The van der Waals surface area contributed by atoms with Crippen LogP contribution in [-0.4, -0.2) is 39.5 Å². The van der Waals surface area contributed by atoms with E-state index in [0.717, 1.165) is 36.8 Å². The van der Waals surface area contributed by atoms with E-state index in [-0.39, 0.29) is 0 Å². The van der Waals surface area contributed by atoms with Gasteiger partial charge in [-0.15, -0.1) is 0 Å². The van der Waals surface area contributed by atoms with Crippen LogP contribution in [0.1, 0.15) is 19.8 Å². The predicted molar refractivity (Wildman–Crippen MR) is 79.5 cm³/mol. The number of hydrogen-bond acceptors (Lipinski definition) is 4. The maximum atomic E-state index is 5.78. The number of ether oxygens (including phenoxy) is 3. The van der Waals surface area contributed by atoms with Crippen molar-refractivity contribution in [1.82, 2.24) is 5.32 Å². The Hall–Kier alpha value is -1.26. The first-order valence-corrected chi connectivity index (χ1v) is 7.44. The quantitative estimate of drug-likeness (QED) is 0.705. The highest BCUT2D eigenvalue weighted by molar-refractivity contribution is 5.39. The number of hydrogen-bond donors (Lipinski definition) is 1. The van der Waals surface area contributed by atoms with Crippen molar-refractivity contribution in [3.63, 3.8) is 0 Å². The SMILES string of the molecule is CCOc1ccccc1OCCOC1CC(CNC)C1. The normalized spacial score (nSPS) is 21.3. The van der Waals surface area contributed by atoms with E-state index >= 15 is 0 Å². The van der Waals surface area contributed by atoms with Crippen LogP contribution in [0.15, 0.2) is 24.3 Å². The van der Waals surface area contributed by atoms with Gasteiger partial charge in [0.2, 0.25) is 0 Å². The second kappa shape index (κ2) is 8.12. The summed E-state index contributed by atoms with van der Waals surface area (Å²) in [7, 11) is 2.00. The molecule has 112 valence electrons. The molecule has 2 rings (SSSR count). The van der Waals surface area contributed by atoms with Gasteiger partial charge in [-0.25, -0.2) is 0 Å². The fourth-order valence-corrected chi connectivity index (χ4v) is 2.48. The molecule has 4 nitrogen and oxygen atoms in total. The summed E-state index contributed by atoms with van der Waals surface area (Å²) >= 11 is 0. The number of para-hydroxylation sites is 2. The molecule has 1 fully saturated rings. The van der Waals surface area contributed by atoms with Crippen molar-refractivity contribution >= 4 is 0 Å². The van der Waals surface area contributed by atoms with E-state index < -0.39 is 0 Å². The Morgan fingerprint density at radius 3 is 2.45 bits per heavy atom. The Balaban J connectivity index is 1.62. The fourth-order valence-electron chi connectivity index (χ4n) is 2.48. The zero-order chi connectivity index (χ0) is 14.2. The largest absolute Gasteiger partial charge is 0.490 e. The van der Waals surface area contributed by atoms with Gasteiger partial charge in [0.05, 0.1) is 19.3 Å². The molecule has 1 saturated carbocycles. The monoisotopic (exact) mass is 279 g/mol. The van der Waals surface area contributed by atoms with E-state index in [2.05, 4.69) is 5.32 Å². The van der Waals surface area contributed by atoms with Crippen LogP contribution in [0.2, 0.25) is 0 Å². The van der Waals surface area contributed by atoms with Gasteiger partial charge in [-0.1, -0.05) is 12.1 Å². The van der Waals surface area contributed by atoms with Crippen LogP contribution >= 0.6 is 0 Å². The first-order chi connectivity index (χ1) is 9.83. The van der Waals surface area contributed by atoms with Crippen LogP contribution in [0, 0.1) is 5.92 Å². The van der Waals surface area contributed by atoms with Gasteiger partial charge in [0.1, 0.15) is 6.61 Å². The molecule has 1 aromatic carbocycles. The van der Waals surface area contributed by atoms with E-state index in [1.54, 1.807) is 0 Å². The van der Waals surface area contributed by atoms with E-state index in [1.165, 1.54) is 0 Å². The summed E-state index contributed by atoms with van der Waals surface area (Å²) in [5.74, 6) is 2.37. The lowest BCUT2D eigenvalue weighted by molar-refractivity contribution is -0.0389. The predicted octanol–water partition coefficient (Wildman–Crippen LogP) is 2.48. The van der Waals surface area contributed by atoms with Crippen molar-refractivity contribution in [2.45, 2.75) is 25.9 Å². The van der Waals surface area contributed by atoms with Crippen molar-refractivity contribution in [3.8, 4) is 11.5 Å². The van der Waals surface area contributed by atoms with Gasteiger partial charge >= 0.3 is 0 Å². The Bertz CT molecular complexity index is 391. The van der Waals surface area contributed by atoms with Crippen LogP contribution in [0.25, 0.3) is 0 Å². The molecule has 0 bridgehead atoms. The standard InChI is InChI=1S/C16H25NO3/c1-3-18-15-6-4-5-7-16(15)20-9-8-19-14-10-13(11-14)12-17-2/h4-7,13-14,17H,3,8-12H2,1-2H3. The van der Waals surface area contributed by atoms with E-state index in [0.29, 0.717) is 25.9 Å². The molecule has 1 N–H and O–H groups in total. The zero-order valence-corrected chi connectivity index (χ0v) is 12.4. The average molecular weight is 279 g/mol. The van der Waals surface area contributed by atoms with Crippen molar-refractivity contribution < 1.29 is 14.2 Å². The highest BCUT2D eigenvalue weighted by Gasteiger charge is 2.28. The second-order valence-electron chi connectivity index (χ2n) is 5.12. The van der Waals surface area contributed by atoms with Crippen molar-refractivity contribution in [2.24, 2.45) is 5.92 Å². The van der Waals surface area contributed by atoms with Crippen LogP contribution in [0.3, 0.4) is 0 Å². The third kappa shape index (κ3) is 4.39. The lowest BCUT2D eigenvalue weighted by Gasteiger charge is -2.34. The summed E-state index contributed by atoms with van der Waals surface area (Å²) in [5, 5.41) is 3.20. The molecule has 0 heterocycles. The van der Waals surface area contributed by atoms with E-state index in [9.17, 15) is 0 Å². The second-order valence-corrected chi connectivity index (χ2v) is 5.12. The van der Waals surface area contributed by atoms with Gasteiger partial charge in [-0.05, 0) is 51.4 Å². The summed E-state index contributed by atoms with van der Waals surface area (Å²) in [6, 6.07) is 7.75. The highest BCUT2D eigenvalue weighted by atomic mass is 16.5. The van der Waals surface area contributed by atoms with Crippen molar-refractivity contribution in [3.05, 3.63) is 24.3 Å². The molecular formula is C16H25NO3. The molecule has 0 amide bonds. The van der Waals surface area contributed by atoms with Crippen LogP contribution in [0.4, 0.5) is 0 Å². The van der Waals surface area contributed by atoms with Crippen LogP contribution in [0.5, 0.6) is 11.5 Å². The summed E-state index contributed by atoms with van der Waals surface area (Å²) in [6.07, 6.45) is 2.74. The topological polar surface area (TPSA) is 39.7 Å². The molecule has 0 aliphatic heterocycles. The van der Waals surface area contributed by atoms with E-state index in [4.69, 9.17) is 14.2 Å². The minimum Gasteiger partial charge on any atom is -0.490 e. The van der Waals surface area contributed by atoms with Crippen molar-refractivity contribution in [1.29, 1.82) is 0 Å². The van der Waals surface area contributed by atoms with Gasteiger partial charge in [-0.2, -0.15) is 0 Å². The van der Waals surface area contributed by atoms with Crippen LogP contribution in [-0.2, 0) is 4.74 Å². The maximum Gasteiger partial charge on any atom is 0.161 e. The average Bonchev–Trinajstić information content (AvgIpc) is 2.42. The maximum absolute atomic E-state index is 5.78. The number of benzene rings is 1. The Labute approximate surface area is 121 Å². The molecule has 0 saturated heterocycles. The summed E-state index contributed by atoms with van der Waals surface area (Å²) in [6.45, 7) is 4.91. The molecule has 1 aliphatic rings. The molecule has 1 aliphatic carbocycles. The first-order valence-electron chi connectivity index (χ1n) is 7.44. The minimum absolute atomic E-state index is 0.416. The molecule has 4 heteroatoms. The summed E-state index contributed by atoms with van der Waals surface area (Å²) in [4.78, 5) is 0. The van der Waals surface area contributed by atoms with Gasteiger partial charge in [0, 0.05) is 0 Å². The zero-order valence-electron chi connectivity index (χ0n) is 12.4. The molecule has 0 aromatic heterocycles.